The van der Waals surface area contributed by atoms with Crippen LogP contribution in [0.5, 0.6) is 6.01 Å². The summed E-state index contributed by atoms with van der Waals surface area (Å²) in [5.74, 6) is 1.14. The van der Waals surface area contributed by atoms with E-state index in [0.717, 1.165) is 13.0 Å². The van der Waals surface area contributed by atoms with Gasteiger partial charge in [0.25, 0.3) is 0 Å². The summed E-state index contributed by atoms with van der Waals surface area (Å²) in [5, 5.41) is 3.41. The molecule has 2 fully saturated rings. The SMILES string of the molecule is COc1nc(Cl)nc(NC2CCOC2C2CC2)n1. The van der Waals surface area contributed by atoms with E-state index in [1.807, 2.05) is 0 Å². The summed E-state index contributed by atoms with van der Waals surface area (Å²) in [7, 11) is 1.50. The number of methoxy groups -OCH3 is 1. The summed E-state index contributed by atoms with van der Waals surface area (Å²) < 4.78 is 10.7. The van der Waals surface area contributed by atoms with E-state index in [1.54, 1.807) is 0 Å². The molecule has 0 bridgehead atoms. The van der Waals surface area contributed by atoms with Crippen molar-refractivity contribution < 1.29 is 9.47 Å². The summed E-state index contributed by atoms with van der Waals surface area (Å²) in [6, 6.07) is 0.472. The molecule has 7 heteroatoms. The molecule has 2 unspecified atom stereocenters. The largest absolute Gasteiger partial charge is 0.467 e. The van der Waals surface area contributed by atoms with Crippen molar-refractivity contribution in [1.82, 2.24) is 15.0 Å². The van der Waals surface area contributed by atoms with Crippen molar-refractivity contribution in [3.8, 4) is 6.01 Å². The third-order valence-corrected chi connectivity index (χ3v) is 3.48. The minimum Gasteiger partial charge on any atom is -0.467 e. The van der Waals surface area contributed by atoms with E-state index in [-0.39, 0.29) is 23.4 Å². The number of aromatic nitrogens is 3. The van der Waals surface area contributed by atoms with Gasteiger partial charge in [0, 0.05) is 6.61 Å². The molecule has 0 aromatic carbocycles. The molecule has 1 aromatic heterocycles. The van der Waals surface area contributed by atoms with Crippen molar-refractivity contribution in [3.63, 3.8) is 0 Å². The normalized spacial score (nSPS) is 27.2. The molecule has 1 saturated carbocycles. The monoisotopic (exact) mass is 270 g/mol. The van der Waals surface area contributed by atoms with Crippen LogP contribution in [0.3, 0.4) is 0 Å². The quantitative estimate of drug-likeness (QED) is 0.894. The molecule has 1 aliphatic heterocycles. The van der Waals surface area contributed by atoms with Gasteiger partial charge in [0.1, 0.15) is 0 Å². The fraction of sp³-hybridized carbons (Fsp3) is 0.727. The summed E-state index contributed by atoms with van der Waals surface area (Å²) in [4.78, 5) is 12.0. The van der Waals surface area contributed by atoms with E-state index in [2.05, 4.69) is 20.3 Å². The van der Waals surface area contributed by atoms with Gasteiger partial charge in [-0.2, -0.15) is 15.0 Å². The summed E-state index contributed by atoms with van der Waals surface area (Å²) in [6.07, 6.45) is 3.74. The molecule has 1 aliphatic carbocycles. The van der Waals surface area contributed by atoms with Crippen molar-refractivity contribution in [2.24, 2.45) is 5.92 Å². The first-order chi connectivity index (χ1) is 8.76. The van der Waals surface area contributed by atoms with Gasteiger partial charge in [0.2, 0.25) is 11.2 Å². The van der Waals surface area contributed by atoms with Crippen molar-refractivity contribution in [2.45, 2.75) is 31.4 Å². The van der Waals surface area contributed by atoms with Crippen molar-refractivity contribution in [3.05, 3.63) is 5.28 Å². The van der Waals surface area contributed by atoms with E-state index >= 15 is 0 Å². The number of halogens is 1. The molecule has 1 N–H and O–H groups in total. The Morgan fingerprint density at radius 2 is 2.11 bits per heavy atom. The second kappa shape index (κ2) is 4.85. The zero-order valence-electron chi connectivity index (χ0n) is 10.1. The van der Waals surface area contributed by atoms with Crippen LogP contribution in [0, 0.1) is 5.92 Å². The zero-order valence-corrected chi connectivity index (χ0v) is 10.9. The highest BCUT2D eigenvalue weighted by atomic mass is 35.5. The van der Waals surface area contributed by atoms with E-state index in [9.17, 15) is 0 Å². The summed E-state index contributed by atoms with van der Waals surface area (Å²) in [5.41, 5.74) is 0. The fourth-order valence-corrected chi connectivity index (χ4v) is 2.46. The minimum atomic E-state index is 0.131. The Labute approximate surface area is 110 Å². The molecule has 0 amide bonds. The molecule has 0 spiro atoms. The van der Waals surface area contributed by atoms with Crippen molar-refractivity contribution >= 4 is 17.5 Å². The lowest BCUT2D eigenvalue weighted by Gasteiger charge is -2.19. The molecule has 2 heterocycles. The number of rotatable bonds is 4. The topological polar surface area (TPSA) is 69.2 Å². The van der Waals surface area contributed by atoms with Gasteiger partial charge in [0.15, 0.2) is 0 Å². The van der Waals surface area contributed by atoms with Crippen LogP contribution in [0.15, 0.2) is 0 Å². The average molecular weight is 271 g/mol. The standard InChI is InChI=1S/C11H15ClN4O2/c1-17-11-15-9(12)14-10(16-11)13-7-4-5-18-8(7)6-2-3-6/h6-8H,2-5H2,1H3,(H,13,14,15,16). The molecule has 98 valence electrons. The second-order valence-electron chi connectivity index (χ2n) is 4.63. The average Bonchev–Trinajstić information content (AvgIpc) is 3.10. The van der Waals surface area contributed by atoms with Gasteiger partial charge in [-0.3, -0.25) is 0 Å². The maximum absolute atomic E-state index is 5.81. The third kappa shape index (κ3) is 2.49. The van der Waals surface area contributed by atoms with Gasteiger partial charge >= 0.3 is 6.01 Å². The number of anilines is 1. The first-order valence-electron chi connectivity index (χ1n) is 6.10. The number of nitrogens with one attached hydrogen (secondary N) is 1. The molecule has 2 atom stereocenters. The van der Waals surface area contributed by atoms with Crippen LogP contribution < -0.4 is 10.1 Å². The van der Waals surface area contributed by atoms with Crippen LogP contribution in [-0.4, -0.2) is 40.8 Å². The number of nitrogens with zero attached hydrogens (tertiary/aromatic N) is 3. The first kappa shape index (κ1) is 11.9. The molecule has 0 radical (unpaired) electrons. The lowest BCUT2D eigenvalue weighted by Crippen LogP contribution is -2.31. The summed E-state index contributed by atoms with van der Waals surface area (Å²) >= 11 is 5.81. The fourth-order valence-electron chi connectivity index (χ4n) is 2.31. The first-order valence-corrected chi connectivity index (χ1v) is 6.48. The van der Waals surface area contributed by atoms with Crippen molar-refractivity contribution in [1.29, 1.82) is 0 Å². The smallest absolute Gasteiger partial charge is 0.322 e. The third-order valence-electron chi connectivity index (χ3n) is 3.31. The molecular formula is C11H15ClN4O2. The predicted molar refractivity (Wildman–Crippen MR) is 65.9 cm³/mol. The highest BCUT2D eigenvalue weighted by molar-refractivity contribution is 6.28. The Bertz CT molecular complexity index is 441. The zero-order chi connectivity index (χ0) is 12.5. The molecule has 18 heavy (non-hydrogen) atoms. The Kier molecular flexibility index (Phi) is 3.22. The van der Waals surface area contributed by atoms with Crippen LogP contribution in [0.1, 0.15) is 19.3 Å². The van der Waals surface area contributed by atoms with E-state index in [1.165, 1.54) is 20.0 Å². The van der Waals surface area contributed by atoms with Crippen molar-refractivity contribution in [2.75, 3.05) is 19.0 Å². The highest BCUT2D eigenvalue weighted by Crippen LogP contribution is 2.39. The molecule has 6 nitrogen and oxygen atoms in total. The maximum Gasteiger partial charge on any atom is 0.322 e. The van der Waals surface area contributed by atoms with Gasteiger partial charge < -0.3 is 14.8 Å². The number of hydrogen-bond acceptors (Lipinski definition) is 6. The lowest BCUT2D eigenvalue weighted by molar-refractivity contribution is 0.0897. The van der Waals surface area contributed by atoms with Gasteiger partial charge in [-0.05, 0) is 36.8 Å². The summed E-state index contributed by atoms with van der Waals surface area (Å²) in [6.45, 7) is 0.786. The maximum atomic E-state index is 5.81. The van der Waals surface area contributed by atoms with E-state index in [4.69, 9.17) is 21.1 Å². The Morgan fingerprint density at radius 3 is 2.83 bits per heavy atom. The minimum absolute atomic E-state index is 0.131. The second-order valence-corrected chi connectivity index (χ2v) is 4.97. The van der Waals surface area contributed by atoms with Crippen LogP contribution in [0.4, 0.5) is 5.95 Å². The molecule has 2 aliphatic rings. The predicted octanol–water partition coefficient (Wildman–Crippen LogP) is 1.51. The molecule has 1 aromatic rings. The van der Waals surface area contributed by atoms with Gasteiger partial charge in [-0.25, -0.2) is 0 Å². The molecule has 1 saturated heterocycles. The number of hydrogen-bond donors (Lipinski definition) is 1. The van der Waals surface area contributed by atoms with Gasteiger partial charge in [0.05, 0.1) is 19.3 Å². The lowest BCUT2D eigenvalue weighted by atomic mass is 10.1. The van der Waals surface area contributed by atoms with Crippen LogP contribution >= 0.6 is 11.6 Å². The van der Waals surface area contributed by atoms with E-state index in [0.29, 0.717) is 11.9 Å². The highest BCUT2D eigenvalue weighted by Gasteiger charge is 2.40. The molecular weight excluding hydrogens is 256 g/mol. The Hall–Kier alpha value is -1.14. The van der Waals surface area contributed by atoms with Crippen LogP contribution in [-0.2, 0) is 4.74 Å². The van der Waals surface area contributed by atoms with Gasteiger partial charge in [-0.15, -0.1) is 0 Å². The van der Waals surface area contributed by atoms with Crippen LogP contribution in [0.2, 0.25) is 5.28 Å². The molecule has 3 rings (SSSR count). The van der Waals surface area contributed by atoms with Gasteiger partial charge in [-0.1, -0.05) is 0 Å². The Balaban J connectivity index is 1.73. The van der Waals surface area contributed by atoms with E-state index < -0.39 is 0 Å². The number of ether oxygens (including phenoxy) is 2. The Morgan fingerprint density at radius 1 is 1.28 bits per heavy atom. The van der Waals surface area contributed by atoms with Crippen LogP contribution in [0.25, 0.3) is 0 Å².